The molecule has 4 nitrogen and oxygen atoms in total. The molecule has 2 N–H and O–H groups in total. The average Bonchev–Trinajstić information content (AvgIpc) is 2.69. The van der Waals surface area contributed by atoms with E-state index in [2.05, 4.69) is 10.6 Å². The molecule has 0 unspecified atom stereocenters. The molecule has 0 aliphatic heterocycles. The van der Waals surface area contributed by atoms with Crippen molar-refractivity contribution in [2.75, 3.05) is 5.32 Å². The molecule has 0 aromatic heterocycles. The highest BCUT2D eigenvalue weighted by atomic mass is 16.2. The van der Waals surface area contributed by atoms with Crippen molar-refractivity contribution < 1.29 is 9.59 Å². The molecule has 2 rings (SSSR count). The molecule has 0 bridgehead atoms. The summed E-state index contributed by atoms with van der Waals surface area (Å²) in [5.41, 5.74) is 1.76. The number of carbonyl (C=O) groups is 2. The van der Waals surface area contributed by atoms with Gasteiger partial charge in [0.05, 0.1) is 0 Å². The van der Waals surface area contributed by atoms with Crippen LogP contribution in [0.1, 0.15) is 50.5 Å². The van der Waals surface area contributed by atoms with E-state index in [1.807, 2.05) is 31.2 Å². The second kappa shape index (κ2) is 7.81. The van der Waals surface area contributed by atoms with Crippen LogP contribution in [0.5, 0.6) is 0 Å². The number of carbonyl (C=O) groups excluding carboxylic acids is 2. The van der Waals surface area contributed by atoms with Gasteiger partial charge in [0, 0.05) is 11.7 Å². The first-order valence-corrected chi connectivity index (χ1v) is 7.80. The fourth-order valence-corrected chi connectivity index (χ4v) is 2.76. The topological polar surface area (TPSA) is 58.2 Å². The van der Waals surface area contributed by atoms with Gasteiger partial charge in [-0.25, -0.2) is 0 Å². The highest BCUT2D eigenvalue weighted by Gasteiger charge is 2.17. The van der Waals surface area contributed by atoms with Crippen LogP contribution in [0.2, 0.25) is 0 Å². The van der Waals surface area contributed by atoms with E-state index < -0.39 is 0 Å². The van der Waals surface area contributed by atoms with E-state index in [1.165, 1.54) is 25.7 Å². The Hall–Kier alpha value is -1.84. The molecule has 1 aliphatic carbocycles. The second-order valence-electron chi connectivity index (χ2n) is 5.80. The Labute approximate surface area is 126 Å². The molecule has 0 saturated heterocycles. The van der Waals surface area contributed by atoms with Gasteiger partial charge in [0.2, 0.25) is 11.8 Å². The van der Waals surface area contributed by atoms with Crippen LogP contribution in [0.15, 0.2) is 24.3 Å². The minimum atomic E-state index is -0.254. The maximum Gasteiger partial charge on any atom is 0.233 e. The van der Waals surface area contributed by atoms with E-state index in [-0.39, 0.29) is 24.3 Å². The van der Waals surface area contributed by atoms with Crippen molar-refractivity contribution in [1.82, 2.24) is 5.32 Å². The van der Waals surface area contributed by atoms with Gasteiger partial charge in [-0.15, -0.1) is 0 Å². The standard InChI is InChI=1S/C17H24N2O2/c1-13-8-6-7-11-15(13)19-17(21)12-16(20)18-14-9-4-2-3-5-10-14/h6-8,11,14H,2-5,9-10,12H2,1H3,(H,18,20)(H,19,21). The van der Waals surface area contributed by atoms with Crippen LogP contribution in [-0.4, -0.2) is 17.9 Å². The predicted octanol–water partition coefficient (Wildman–Crippen LogP) is 3.16. The van der Waals surface area contributed by atoms with Crippen LogP contribution >= 0.6 is 0 Å². The number of anilines is 1. The number of hydrogen-bond acceptors (Lipinski definition) is 2. The third-order valence-electron chi connectivity index (χ3n) is 3.96. The highest BCUT2D eigenvalue weighted by Crippen LogP contribution is 2.17. The molecule has 21 heavy (non-hydrogen) atoms. The maximum atomic E-state index is 11.9. The fourth-order valence-electron chi connectivity index (χ4n) is 2.76. The molecular weight excluding hydrogens is 264 g/mol. The Morgan fingerprint density at radius 2 is 1.71 bits per heavy atom. The number of nitrogens with one attached hydrogen (secondary N) is 2. The Kier molecular flexibility index (Phi) is 5.78. The molecule has 114 valence electrons. The summed E-state index contributed by atoms with van der Waals surface area (Å²) in [6.45, 7) is 1.93. The molecule has 0 heterocycles. The van der Waals surface area contributed by atoms with Gasteiger partial charge in [-0.1, -0.05) is 43.9 Å². The predicted molar refractivity (Wildman–Crippen MR) is 84.1 cm³/mol. The first-order valence-electron chi connectivity index (χ1n) is 7.80. The van der Waals surface area contributed by atoms with Crippen molar-refractivity contribution >= 4 is 17.5 Å². The van der Waals surface area contributed by atoms with Gasteiger partial charge in [-0.05, 0) is 31.4 Å². The Bertz CT molecular complexity index is 491. The van der Waals surface area contributed by atoms with E-state index in [4.69, 9.17) is 0 Å². The van der Waals surface area contributed by atoms with Crippen molar-refractivity contribution in [2.45, 2.75) is 57.9 Å². The van der Waals surface area contributed by atoms with Crippen molar-refractivity contribution in [1.29, 1.82) is 0 Å². The van der Waals surface area contributed by atoms with Crippen LogP contribution in [0.4, 0.5) is 5.69 Å². The smallest absolute Gasteiger partial charge is 0.233 e. The lowest BCUT2D eigenvalue weighted by Crippen LogP contribution is -2.36. The van der Waals surface area contributed by atoms with Gasteiger partial charge in [0.15, 0.2) is 0 Å². The zero-order valence-electron chi connectivity index (χ0n) is 12.7. The van der Waals surface area contributed by atoms with Gasteiger partial charge in [0.25, 0.3) is 0 Å². The summed E-state index contributed by atoms with van der Waals surface area (Å²) in [5, 5.41) is 5.78. The molecule has 1 aromatic rings. The number of amides is 2. The molecular formula is C17H24N2O2. The molecule has 1 saturated carbocycles. The number of benzene rings is 1. The number of para-hydroxylation sites is 1. The van der Waals surface area contributed by atoms with Crippen molar-refractivity contribution in [3.63, 3.8) is 0 Å². The number of rotatable bonds is 4. The maximum absolute atomic E-state index is 11.9. The average molecular weight is 288 g/mol. The summed E-state index contributed by atoms with van der Waals surface area (Å²) in [5.74, 6) is -0.427. The third-order valence-corrected chi connectivity index (χ3v) is 3.96. The summed E-state index contributed by atoms with van der Waals surface area (Å²) in [6, 6.07) is 7.81. The van der Waals surface area contributed by atoms with Crippen LogP contribution in [0.25, 0.3) is 0 Å². The summed E-state index contributed by atoms with van der Waals surface area (Å²) in [6.07, 6.45) is 6.79. The molecule has 1 fully saturated rings. The number of aryl methyl sites for hydroxylation is 1. The van der Waals surface area contributed by atoms with Crippen LogP contribution < -0.4 is 10.6 Å². The Morgan fingerprint density at radius 3 is 2.38 bits per heavy atom. The molecule has 0 atom stereocenters. The van der Waals surface area contributed by atoms with Gasteiger partial charge < -0.3 is 10.6 Å². The second-order valence-corrected chi connectivity index (χ2v) is 5.80. The lowest BCUT2D eigenvalue weighted by molar-refractivity contribution is -0.127. The quantitative estimate of drug-likeness (QED) is 0.660. The largest absolute Gasteiger partial charge is 0.353 e. The lowest BCUT2D eigenvalue weighted by atomic mass is 10.1. The van der Waals surface area contributed by atoms with Gasteiger partial charge >= 0.3 is 0 Å². The summed E-state index contributed by atoms with van der Waals surface area (Å²) < 4.78 is 0. The highest BCUT2D eigenvalue weighted by molar-refractivity contribution is 6.03. The van der Waals surface area contributed by atoms with E-state index in [1.54, 1.807) is 0 Å². The normalized spacial score (nSPS) is 16.0. The van der Waals surface area contributed by atoms with Crippen LogP contribution in [-0.2, 0) is 9.59 Å². The van der Waals surface area contributed by atoms with Crippen LogP contribution in [0.3, 0.4) is 0 Å². The first-order chi connectivity index (χ1) is 10.1. The Morgan fingerprint density at radius 1 is 1.05 bits per heavy atom. The molecule has 0 radical (unpaired) electrons. The SMILES string of the molecule is Cc1ccccc1NC(=O)CC(=O)NC1CCCCCC1. The summed E-state index contributed by atoms with van der Waals surface area (Å²) in [7, 11) is 0. The fraction of sp³-hybridized carbons (Fsp3) is 0.529. The van der Waals surface area contributed by atoms with E-state index >= 15 is 0 Å². The first kappa shape index (κ1) is 15.5. The van der Waals surface area contributed by atoms with Crippen molar-refractivity contribution in [3.8, 4) is 0 Å². The monoisotopic (exact) mass is 288 g/mol. The van der Waals surface area contributed by atoms with Gasteiger partial charge in [-0.2, -0.15) is 0 Å². The molecule has 1 aliphatic rings. The van der Waals surface area contributed by atoms with Crippen molar-refractivity contribution in [3.05, 3.63) is 29.8 Å². The van der Waals surface area contributed by atoms with Crippen LogP contribution in [0, 0.1) is 6.92 Å². The Balaban J connectivity index is 1.79. The summed E-state index contributed by atoms with van der Waals surface area (Å²) >= 11 is 0. The molecule has 1 aromatic carbocycles. The molecule has 2 amide bonds. The molecule has 0 spiro atoms. The van der Waals surface area contributed by atoms with Gasteiger partial charge in [-0.3, -0.25) is 9.59 Å². The summed E-state index contributed by atoms with van der Waals surface area (Å²) in [4.78, 5) is 23.8. The minimum Gasteiger partial charge on any atom is -0.353 e. The lowest BCUT2D eigenvalue weighted by Gasteiger charge is -2.16. The van der Waals surface area contributed by atoms with Crippen molar-refractivity contribution in [2.24, 2.45) is 0 Å². The third kappa shape index (κ3) is 5.21. The van der Waals surface area contributed by atoms with E-state index in [0.29, 0.717) is 0 Å². The van der Waals surface area contributed by atoms with Gasteiger partial charge in [0.1, 0.15) is 6.42 Å². The zero-order valence-corrected chi connectivity index (χ0v) is 12.7. The zero-order chi connectivity index (χ0) is 15.1. The number of hydrogen-bond donors (Lipinski definition) is 2. The molecule has 4 heteroatoms. The van der Waals surface area contributed by atoms with E-state index in [0.717, 1.165) is 24.1 Å². The minimum absolute atomic E-state index is 0.106. The van der Waals surface area contributed by atoms with E-state index in [9.17, 15) is 9.59 Å².